The molecular weight excluding hydrogens is 734 g/mol. The van der Waals surface area contributed by atoms with E-state index in [2.05, 4.69) is 4.90 Å². The fourth-order valence-corrected chi connectivity index (χ4v) is 9.87. The van der Waals surface area contributed by atoms with Crippen LogP contribution < -0.4 is 4.74 Å². The highest BCUT2D eigenvalue weighted by molar-refractivity contribution is 6.31. The van der Waals surface area contributed by atoms with Gasteiger partial charge in [-0.25, -0.2) is 0 Å². The van der Waals surface area contributed by atoms with E-state index in [-0.39, 0.29) is 72.2 Å². The average molecular weight is 780 g/mol. The largest absolute Gasteiger partial charge is 0.507 e. The summed E-state index contributed by atoms with van der Waals surface area (Å²) in [5.74, 6) is -3.38. The van der Waals surface area contributed by atoms with Gasteiger partial charge in [-0.2, -0.15) is 0 Å². The number of aliphatic hydroxyl groups is 1. The smallest absolute Gasteiger partial charge is 0.255 e. The highest BCUT2D eigenvalue weighted by Crippen LogP contribution is 2.53. The summed E-state index contributed by atoms with van der Waals surface area (Å²) in [6.07, 6.45) is -4.77. The number of ether oxygens (including phenoxy) is 7. The number of phenols is 2. The van der Waals surface area contributed by atoms with Crippen molar-refractivity contribution in [1.29, 1.82) is 0 Å². The number of nitrogens with zero attached hydrogens (tertiary/aromatic N) is 3. The van der Waals surface area contributed by atoms with Gasteiger partial charge in [0.15, 0.2) is 24.6 Å². The van der Waals surface area contributed by atoms with Gasteiger partial charge in [-0.3, -0.25) is 24.1 Å². The summed E-state index contributed by atoms with van der Waals surface area (Å²) in [5.41, 5.74) is -4.08. The first kappa shape index (κ1) is 37.4. The Morgan fingerprint density at radius 2 is 1.70 bits per heavy atom. The summed E-state index contributed by atoms with van der Waals surface area (Å²) in [5, 5.41) is 36.6. The molecule has 17 nitrogen and oxygen atoms in total. The van der Waals surface area contributed by atoms with Crippen LogP contribution >= 0.6 is 0 Å². The summed E-state index contributed by atoms with van der Waals surface area (Å²) < 4.78 is 42.1. The normalized spacial score (nSPS) is 33.2. The lowest BCUT2D eigenvalue weighted by atomic mass is 9.72. The molecule has 2 aliphatic carbocycles. The topological polar surface area (TPSA) is 203 Å². The zero-order valence-corrected chi connectivity index (χ0v) is 31.5. The van der Waals surface area contributed by atoms with Crippen LogP contribution in [0.25, 0.3) is 0 Å². The van der Waals surface area contributed by atoms with Crippen molar-refractivity contribution in [2.75, 3.05) is 60.2 Å². The van der Waals surface area contributed by atoms with Crippen LogP contribution in [0.15, 0.2) is 18.2 Å². The molecule has 0 bridgehead atoms. The van der Waals surface area contributed by atoms with E-state index in [1.54, 1.807) is 12.0 Å². The number of benzene rings is 2. The van der Waals surface area contributed by atoms with Crippen molar-refractivity contribution in [3.05, 3.63) is 51.6 Å². The van der Waals surface area contributed by atoms with Gasteiger partial charge in [0.05, 0.1) is 68.9 Å². The second-order valence-electron chi connectivity index (χ2n) is 15.8. The summed E-state index contributed by atoms with van der Waals surface area (Å²) >= 11 is 0. The van der Waals surface area contributed by atoms with Crippen LogP contribution in [0.2, 0.25) is 0 Å². The van der Waals surface area contributed by atoms with E-state index in [0.717, 1.165) is 0 Å². The SMILES string of the molecule is COc1cccc2c1C(=O)c1c(O)c3c(c(O)c1C2=O)C[C@@](O)(C(=O)N1CCOC2(CN(C(C)=O)C2)C1)C[C@@H]3O[C@H]1C[C@H]2[C@H](O[C@@H]3[C@@H](OC)OCCN32)[C@H](C)O1. The Morgan fingerprint density at radius 3 is 2.43 bits per heavy atom. The number of phenolic OH excluding ortho intramolecular Hbond substituents is 2. The molecule has 5 fully saturated rings. The molecule has 0 saturated carbocycles. The third-order valence-electron chi connectivity index (χ3n) is 12.5. The first-order chi connectivity index (χ1) is 26.8. The molecule has 300 valence electrons. The first-order valence-electron chi connectivity index (χ1n) is 18.9. The highest BCUT2D eigenvalue weighted by atomic mass is 16.7. The molecule has 5 aliphatic heterocycles. The van der Waals surface area contributed by atoms with Crippen LogP contribution in [0.1, 0.15) is 75.8 Å². The third kappa shape index (κ3) is 5.58. The van der Waals surface area contributed by atoms with Crippen LogP contribution in [0.4, 0.5) is 0 Å². The number of ketones is 2. The monoisotopic (exact) mass is 779 g/mol. The van der Waals surface area contributed by atoms with E-state index in [1.165, 1.54) is 37.1 Å². The fourth-order valence-electron chi connectivity index (χ4n) is 9.87. The lowest BCUT2D eigenvalue weighted by Crippen LogP contribution is -2.72. The molecule has 2 aromatic carbocycles. The van der Waals surface area contributed by atoms with Crippen molar-refractivity contribution >= 4 is 23.4 Å². The Bertz CT molecular complexity index is 2020. The van der Waals surface area contributed by atoms with Crippen molar-refractivity contribution < 1.29 is 67.7 Å². The van der Waals surface area contributed by atoms with Gasteiger partial charge in [-0.05, 0) is 13.0 Å². The van der Waals surface area contributed by atoms with Gasteiger partial charge in [-0.15, -0.1) is 0 Å². The number of rotatable bonds is 5. The standard InChI is InChI=1S/C39H45N3O14/c1-18-34-22(42-9-10-52-36(51-4)35(42)56-34)12-25(54-18)55-24-14-39(49,37(48)40-8-11-53-38(15-40)16-41(17-38)19(2)43)13-21-27(24)33(47)29-28(31(21)45)30(44)20-6-5-7-23(50-3)26(20)32(29)46/h5-7,18,22,24-25,34-36,45,47,49H,8-17H2,1-4H3/t18-,22-,24-,25-,34+,35+,36-,39-/m0/s1. The highest BCUT2D eigenvalue weighted by Gasteiger charge is 2.57. The molecule has 0 unspecified atom stereocenters. The number of methoxy groups -OCH3 is 2. The maximum absolute atomic E-state index is 14.5. The molecule has 0 aromatic heterocycles. The molecule has 56 heavy (non-hydrogen) atoms. The maximum atomic E-state index is 14.5. The number of morpholine rings is 2. The molecule has 1 spiro atoms. The van der Waals surface area contributed by atoms with E-state index >= 15 is 0 Å². The fraction of sp³-hybridized carbons (Fsp3) is 0.590. The van der Waals surface area contributed by atoms with Crippen LogP contribution in [0.3, 0.4) is 0 Å². The Morgan fingerprint density at radius 1 is 0.946 bits per heavy atom. The van der Waals surface area contributed by atoms with Crippen molar-refractivity contribution in [3.8, 4) is 17.2 Å². The van der Waals surface area contributed by atoms with Gasteiger partial charge in [0.2, 0.25) is 11.7 Å². The number of aromatic hydroxyl groups is 2. The number of hydrogen-bond donors (Lipinski definition) is 3. The molecule has 2 aromatic rings. The van der Waals surface area contributed by atoms with E-state index in [0.29, 0.717) is 32.7 Å². The van der Waals surface area contributed by atoms with E-state index in [4.69, 9.17) is 33.2 Å². The Hall–Kier alpha value is -4.20. The van der Waals surface area contributed by atoms with Gasteiger partial charge in [0.1, 0.15) is 34.6 Å². The number of fused-ring (bicyclic) bond motifs is 6. The summed E-state index contributed by atoms with van der Waals surface area (Å²) in [7, 11) is 2.90. The Labute approximate surface area is 321 Å². The molecular formula is C39H45N3O14. The molecule has 8 atom stereocenters. The molecule has 5 heterocycles. The van der Waals surface area contributed by atoms with Crippen molar-refractivity contribution in [2.45, 2.75) is 87.5 Å². The zero-order chi connectivity index (χ0) is 39.4. The lowest BCUT2D eigenvalue weighted by molar-refractivity contribution is -0.256. The minimum Gasteiger partial charge on any atom is -0.507 e. The molecule has 5 saturated heterocycles. The Balaban J connectivity index is 1.09. The average Bonchev–Trinajstić information content (AvgIpc) is 3.56. The Kier molecular flexibility index (Phi) is 8.98. The predicted molar refractivity (Wildman–Crippen MR) is 189 cm³/mol. The number of hydrogen-bond acceptors (Lipinski definition) is 15. The summed E-state index contributed by atoms with van der Waals surface area (Å²) in [6, 6.07) is 4.31. The maximum Gasteiger partial charge on any atom is 0.255 e. The number of carbonyl (C=O) groups excluding carboxylic acids is 4. The molecule has 7 aliphatic rings. The van der Waals surface area contributed by atoms with E-state index in [1.807, 2.05) is 6.92 Å². The molecule has 9 rings (SSSR count). The summed E-state index contributed by atoms with van der Waals surface area (Å²) in [4.78, 5) is 60.0. The second-order valence-corrected chi connectivity index (χ2v) is 15.8. The van der Waals surface area contributed by atoms with Crippen LogP contribution in [0.5, 0.6) is 17.2 Å². The minimum atomic E-state index is -2.21. The molecule has 2 amide bonds. The van der Waals surface area contributed by atoms with Gasteiger partial charge >= 0.3 is 0 Å². The minimum absolute atomic E-state index is 0.0276. The van der Waals surface area contributed by atoms with Crippen LogP contribution in [-0.4, -0.2) is 162 Å². The van der Waals surface area contributed by atoms with Gasteiger partial charge in [0, 0.05) is 69.1 Å². The molecule has 3 N–H and O–H groups in total. The quantitative estimate of drug-likeness (QED) is 0.304. The number of amides is 2. The first-order valence-corrected chi connectivity index (χ1v) is 18.9. The number of likely N-dealkylation sites (tertiary alicyclic amines) is 1. The van der Waals surface area contributed by atoms with Crippen molar-refractivity contribution in [2.24, 2.45) is 0 Å². The van der Waals surface area contributed by atoms with Gasteiger partial charge < -0.3 is 58.3 Å². The van der Waals surface area contributed by atoms with Crippen LogP contribution in [0, 0.1) is 0 Å². The second kappa shape index (κ2) is 13.4. The molecule has 17 heteroatoms. The van der Waals surface area contributed by atoms with Gasteiger partial charge in [-0.1, -0.05) is 12.1 Å². The van der Waals surface area contributed by atoms with E-state index in [9.17, 15) is 34.5 Å². The summed E-state index contributed by atoms with van der Waals surface area (Å²) in [6.45, 7) is 5.32. The third-order valence-corrected chi connectivity index (χ3v) is 12.5. The zero-order valence-electron chi connectivity index (χ0n) is 31.5. The number of carbonyl (C=O) groups is 4. The predicted octanol–water partition coefficient (Wildman–Crippen LogP) is 0.610. The van der Waals surface area contributed by atoms with Crippen molar-refractivity contribution in [3.63, 3.8) is 0 Å². The van der Waals surface area contributed by atoms with Crippen molar-refractivity contribution in [1.82, 2.24) is 14.7 Å². The van der Waals surface area contributed by atoms with Gasteiger partial charge in [0.25, 0.3) is 5.91 Å². The lowest BCUT2D eigenvalue weighted by Gasteiger charge is -2.54. The molecule has 0 radical (unpaired) electrons. The van der Waals surface area contributed by atoms with Crippen LogP contribution in [-0.2, 0) is 44.4 Å². The van der Waals surface area contributed by atoms with E-state index < -0.39 is 88.7 Å².